The van der Waals surface area contributed by atoms with E-state index in [0.717, 1.165) is 5.06 Å². The second kappa shape index (κ2) is 9.86. The summed E-state index contributed by atoms with van der Waals surface area (Å²) in [5, 5.41) is 3.45. The Labute approximate surface area is 205 Å². The molecule has 0 bridgehead atoms. The molecule has 1 saturated heterocycles. The lowest BCUT2D eigenvalue weighted by Crippen LogP contribution is -2.33. The van der Waals surface area contributed by atoms with E-state index in [-0.39, 0.29) is 36.2 Å². The van der Waals surface area contributed by atoms with E-state index in [1.165, 1.54) is 42.5 Å². The molecule has 0 radical (unpaired) electrons. The van der Waals surface area contributed by atoms with Crippen LogP contribution < -0.4 is 15.3 Å². The van der Waals surface area contributed by atoms with Gasteiger partial charge in [0.2, 0.25) is 11.7 Å². The van der Waals surface area contributed by atoms with Crippen molar-refractivity contribution in [3.63, 3.8) is 0 Å². The Morgan fingerprint density at radius 3 is 2.47 bits per heavy atom. The number of carbonyl (C=O) groups is 5. The van der Waals surface area contributed by atoms with Gasteiger partial charge >= 0.3 is 12.1 Å². The summed E-state index contributed by atoms with van der Waals surface area (Å²) in [5.74, 6) is -1.75. The number of anilines is 2. The highest BCUT2D eigenvalue weighted by atomic mass is 16.7. The number of hydrogen-bond acceptors (Lipinski definition) is 8. The van der Waals surface area contributed by atoms with E-state index in [9.17, 15) is 24.0 Å². The van der Waals surface area contributed by atoms with Crippen molar-refractivity contribution < 1.29 is 33.5 Å². The number of ketones is 1. The van der Waals surface area contributed by atoms with Gasteiger partial charge in [-0.1, -0.05) is 0 Å². The number of hydrogen-bond donors (Lipinski definition) is 1. The van der Waals surface area contributed by atoms with Crippen LogP contribution >= 0.6 is 0 Å². The lowest BCUT2D eigenvalue weighted by Gasteiger charge is -2.18. The number of amides is 3. The van der Waals surface area contributed by atoms with Crippen molar-refractivity contribution in [2.24, 2.45) is 0 Å². The number of aromatic nitrogens is 2. The molecule has 186 valence electrons. The highest BCUT2D eigenvalue weighted by Gasteiger charge is 2.32. The minimum absolute atomic E-state index is 0.211. The van der Waals surface area contributed by atoms with Crippen molar-refractivity contribution in [1.82, 2.24) is 14.7 Å². The number of nitrogens with zero attached hydrogens (tertiary/aromatic N) is 4. The molecule has 1 fully saturated rings. The molecule has 3 heterocycles. The van der Waals surface area contributed by atoms with Crippen LogP contribution in [0.5, 0.6) is 0 Å². The first-order valence-corrected chi connectivity index (χ1v) is 11.0. The standard InChI is InChI=1S/C24H23N5O7/c1-14(30)25-10-20-13-27(24(34)35-20)18-6-4-17(5-7-18)23(33)21-11-26-22-9-8-19(12-28(21)22)29(15(2)31)36-16(3)32/h4-9,11-12,20H,10,13H2,1-3H3,(H,25,30)/t20-/m0/s1. The van der Waals surface area contributed by atoms with Crippen LogP contribution in [0.15, 0.2) is 48.8 Å². The van der Waals surface area contributed by atoms with E-state index < -0.39 is 24.1 Å². The van der Waals surface area contributed by atoms with Gasteiger partial charge in [-0.05, 0) is 36.4 Å². The monoisotopic (exact) mass is 493 g/mol. The van der Waals surface area contributed by atoms with Crippen LogP contribution in [0.4, 0.5) is 16.2 Å². The molecule has 0 spiro atoms. The van der Waals surface area contributed by atoms with Crippen molar-refractivity contribution in [2.45, 2.75) is 26.9 Å². The Hall–Kier alpha value is -4.74. The number of fused-ring (bicyclic) bond motifs is 1. The fraction of sp³-hybridized carbons (Fsp3) is 0.250. The Balaban J connectivity index is 1.55. The molecule has 2 aromatic heterocycles. The summed E-state index contributed by atoms with van der Waals surface area (Å²) in [7, 11) is 0. The molecule has 1 atom stereocenters. The fourth-order valence-electron chi connectivity index (χ4n) is 3.72. The van der Waals surface area contributed by atoms with Crippen LogP contribution in [0, 0.1) is 0 Å². The second-order valence-corrected chi connectivity index (χ2v) is 8.08. The van der Waals surface area contributed by atoms with Crippen molar-refractivity contribution in [2.75, 3.05) is 23.1 Å². The minimum Gasteiger partial charge on any atom is -0.442 e. The van der Waals surface area contributed by atoms with Gasteiger partial charge in [-0.3, -0.25) is 23.7 Å². The topological polar surface area (TPSA) is 140 Å². The Morgan fingerprint density at radius 1 is 1.11 bits per heavy atom. The van der Waals surface area contributed by atoms with E-state index in [1.807, 2.05) is 0 Å². The number of nitrogens with one attached hydrogen (secondary N) is 1. The Kier molecular flexibility index (Phi) is 6.68. The molecular formula is C24H23N5O7. The van der Waals surface area contributed by atoms with Gasteiger partial charge in [0.15, 0.2) is 0 Å². The van der Waals surface area contributed by atoms with E-state index >= 15 is 0 Å². The molecule has 4 rings (SSSR count). The van der Waals surface area contributed by atoms with Gasteiger partial charge in [0.25, 0.3) is 5.91 Å². The maximum atomic E-state index is 13.2. The SMILES string of the molecule is CC(=O)NC[C@H]1CN(c2ccc(C(=O)c3cnc4ccc(N(OC(C)=O)C(C)=O)cn34)cc2)C(=O)O1. The average Bonchev–Trinajstić information content (AvgIpc) is 3.43. The molecule has 36 heavy (non-hydrogen) atoms. The average molecular weight is 493 g/mol. The molecule has 3 aromatic rings. The lowest BCUT2D eigenvalue weighted by atomic mass is 10.1. The summed E-state index contributed by atoms with van der Waals surface area (Å²) in [6, 6.07) is 9.55. The van der Waals surface area contributed by atoms with Crippen molar-refractivity contribution in [3.05, 3.63) is 60.0 Å². The predicted octanol–water partition coefficient (Wildman–Crippen LogP) is 1.86. The second-order valence-electron chi connectivity index (χ2n) is 8.08. The molecule has 12 nitrogen and oxygen atoms in total. The Morgan fingerprint density at radius 2 is 1.83 bits per heavy atom. The van der Waals surface area contributed by atoms with Crippen molar-refractivity contribution in [1.29, 1.82) is 0 Å². The Bertz CT molecular complexity index is 1360. The zero-order valence-electron chi connectivity index (χ0n) is 19.8. The third-order valence-electron chi connectivity index (χ3n) is 5.36. The molecule has 1 N–H and O–H groups in total. The maximum absolute atomic E-state index is 13.2. The van der Waals surface area contributed by atoms with Crippen molar-refractivity contribution in [3.8, 4) is 0 Å². The third kappa shape index (κ3) is 5.02. The van der Waals surface area contributed by atoms with Gasteiger partial charge in [-0.15, -0.1) is 5.06 Å². The first kappa shape index (κ1) is 24.4. The lowest BCUT2D eigenvalue weighted by molar-refractivity contribution is -0.147. The van der Waals surface area contributed by atoms with Crippen LogP contribution in [-0.2, 0) is 24.0 Å². The zero-order valence-corrected chi connectivity index (χ0v) is 19.8. The normalized spacial score (nSPS) is 14.9. The number of rotatable bonds is 6. The third-order valence-corrected chi connectivity index (χ3v) is 5.36. The summed E-state index contributed by atoms with van der Waals surface area (Å²) >= 11 is 0. The molecule has 12 heteroatoms. The van der Waals surface area contributed by atoms with Crippen LogP contribution in [0.25, 0.3) is 5.65 Å². The van der Waals surface area contributed by atoms with E-state index in [2.05, 4.69) is 10.3 Å². The largest absolute Gasteiger partial charge is 0.442 e. The molecule has 0 saturated carbocycles. The first-order chi connectivity index (χ1) is 17.1. The fourth-order valence-corrected chi connectivity index (χ4v) is 3.72. The molecular weight excluding hydrogens is 470 g/mol. The first-order valence-electron chi connectivity index (χ1n) is 11.0. The highest BCUT2D eigenvalue weighted by Crippen LogP contribution is 2.24. The van der Waals surface area contributed by atoms with E-state index in [1.54, 1.807) is 36.4 Å². The summed E-state index contributed by atoms with van der Waals surface area (Å²) in [4.78, 5) is 70.5. The van der Waals surface area contributed by atoms with Crippen LogP contribution in [0.3, 0.4) is 0 Å². The molecule has 0 unspecified atom stereocenters. The van der Waals surface area contributed by atoms with E-state index in [0.29, 0.717) is 16.9 Å². The number of imidazole rings is 1. The highest BCUT2D eigenvalue weighted by molar-refractivity contribution is 6.08. The zero-order chi connectivity index (χ0) is 26.0. The number of benzene rings is 1. The van der Waals surface area contributed by atoms with Gasteiger partial charge in [-0.2, -0.15) is 0 Å². The molecule has 3 amide bonds. The molecule has 1 aliphatic heterocycles. The smallest absolute Gasteiger partial charge is 0.414 e. The van der Waals surface area contributed by atoms with Gasteiger partial charge in [0.1, 0.15) is 23.1 Å². The summed E-state index contributed by atoms with van der Waals surface area (Å²) in [6.07, 6.45) is 1.87. The van der Waals surface area contributed by atoms with Gasteiger partial charge in [0.05, 0.1) is 19.3 Å². The number of hydroxylamine groups is 1. The van der Waals surface area contributed by atoms with E-state index in [4.69, 9.17) is 9.57 Å². The van der Waals surface area contributed by atoms with Gasteiger partial charge in [0, 0.05) is 38.2 Å². The molecule has 0 aliphatic carbocycles. The number of cyclic esters (lactones) is 1. The number of pyridine rings is 1. The van der Waals surface area contributed by atoms with Gasteiger partial charge in [-0.25, -0.2) is 14.6 Å². The van der Waals surface area contributed by atoms with Crippen molar-refractivity contribution >= 4 is 46.7 Å². The summed E-state index contributed by atoms with van der Waals surface area (Å²) in [5.41, 5.74) is 1.81. The maximum Gasteiger partial charge on any atom is 0.414 e. The van der Waals surface area contributed by atoms with Crippen LogP contribution in [0.2, 0.25) is 0 Å². The molecule has 1 aliphatic rings. The number of ether oxygens (including phenoxy) is 1. The van der Waals surface area contributed by atoms with Crippen LogP contribution in [-0.4, -0.2) is 58.2 Å². The summed E-state index contributed by atoms with van der Waals surface area (Å²) < 4.78 is 6.76. The summed E-state index contributed by atoms with van der Waals surface area (Å²) in [6.45, 7) is 4.27. The van der Waals surface area contributed by atoms with Gasteiger partial charge < -0.3 is 14.9 Å². The van der Waals surface area contributed by atoms with Crippen LogP contribution in [0.1, 0.15) is 36.8 Å². The predicted molar refractivity (Wildman–Crippen MR) is 126 cm³/mol. The quantitative estimate of drug-likeness (QED) is 0.405. The number of carbonyl (C=O) groups excluding carboxylic acids is 5. The molecule has 1 aromatic carbocycles. The minimum atomic E-state index is -0.671.